The van der Waals surface area contributed by atoms with E-state index in [-0.39, 0.29) is 5.56 Å². The number of hydrogen-bond donors (Lipinski definition) is 1. The Morgan fingerprint density at radius 2 is 1.65 bits per heavy atom. The third kappa shape index (κ3) is 6.50. The van der Waals surface area contributed by atoms with Crippen LogP contribution in [0.5, 0.6) is 0 Å². The molecule has 1 aromatic rings. The maximum absolute atomic E-state index is 13.5. The topological polar surface area (TPSA) is 80.7 Å². The average Bonchev–Trinajstić information content (AvgIpc) is 2.35. The van der Waals surface area contributed by atoms with Gasteiger partial charge in [0.25, 0.3) is 0 Å². The molecule has 0 saturated carbocycles. The number of ether oxygens (including phenoxy) is 1. The summed E-state index contributed by atoms with van der Waals surface area (Å²) < 4.78 is 76.0. The van der Waals surface area contributed by atoms with E-state index in [1.165, 1.54) is 19.2 Å². The number of hydrogen-bond acceptors (Lipinski definition) is 4. The van der Waals surface area contributed by atoms with Gasteiger partial charge in [0.15, 0.2) is 0 Å². The van der Waals surface area contributed by atoms with E-state index in [0.29, 0.717) is 4.48 Å². The molecule has 0 radical (unpaired) electrons. The number of nitrogens with zero attached hydrogens (tertiary/aromatic N) is 1. The summed E-state index contributed by atoms with van der Waals surface area (Å²) in [7, 11) is 1.16. The van der Waals surface area contributed by atoms with Gasteiger partial charge in [-0.05, 0) is 6.07 Å². The second-order valence-electron chi connectivity index (χ2n) is 5.09. The predicted octanol–water partition coefficient (Wildman–Crippen LogP) is 2.20. The van der Waals surface area contributed by atoms with E-state index in [0.717, 1.165) is 5.69 Å². The quantitative estimate of drug-likeness (QED) is 0.287. The molecule has 0 amide bonds. The number of alkyl halides is 3. The van der Waals surface area contributed by atoms with Gasteiger partial charge in [0, 0.05) is 12.1 Å². The van der Waals surface area contributed by atoms with Gasteiger partial charge in [-0.15, -0.1) is 0 Å². The molecule has 6 nitrogen and oxygen atoms in total. The molecule has 1 rings (SSSR count). The van der Waals surface area contributed by atoms with Crippen molar-refractivity contribution in [3.8, 4) is 0 Å². The zero-order valence-corrected chi connectivity index (χ0v) is 13.5. The van der Waals surface area contributed by atoms with Gasteiger partial charge in [-0.2, -0.15) is 21.6 Å². The molecule has 0 heterocycles. The maximum Gasteiger partial charge on any atom is 0.522 e. The van der Waals surface area contributed by atoms with Crippen molar-refractivity contribution in [2.45, 2.75) is 5.51 Å². The van der Waals surface area contributed by atoms with Crippen LogP contribution >= 0.6 is 0 Å². The zero-order chi connectivity index (χ0) is 18.6. The minimum Gasteiger partial charge on any atom is -0.465 e. The molecule has 0 aliphatic rings. The van der Waals surface area contributed by atoms with Gasteiger partial charge in [0.1, 0.15) is 11.5 Å². The molecule has 0 aliphatic carbocycles. The lowest BCUT2D eigenvalue weighted by Gasteiger charge is -2.23. The Balaban J connectivity index is 0.000000515. The highest BCUT2D eigenvalue weighted by Gasteiger charge is 2.44. The Morgan fingerprint density at radius 1 is 1.22 bits per heavy atom. The van der Waals surface area contributed by atoms with Crippen molar-refractivity contribution in [3.63, 3.8) is 0 Å². The highest BCUT2D eigenvalue weighted by atomic mass is 32.2. The van der Waals surface area contributed by atoms with Crippen molar-refractivity contribution in [2.75, 3.05) is 28.3 Å². The molecule has 132 valence electrons. The van der Waals surface area contributed by atoms with E-state index in [2.05, 4.69) is 4.74 Å². The molecule has 0 spiro atoms. The first-order valence-corrected chi connectivity index (χ1v) is 7.29. The summed E-state index contributed by atoms with van der Waals surface area (Å²) in [6.07, 6.45) is 0. The Hall–Kier alpha value is -1.72. The predicted molar refractivity (Wildman–Crippen MR) is 74.9 cm³/mol. The van der Waals surface area contributed by atoms with Crippen LogP contribution in [0, 0.1) is 5.82 Å². The van der Waals surface area contributed by atoms with Gasteiger partial charge in [-0.1, -0.05) is 0 Å². The fraction of sp³-hybridized carbons (Fsp3) is 0.417. The highest BCUT2D eigenvalue weighted by Crippen LogP contribution is 2.21. The van der Waals surface area contributed by atoms with E-state index in [4.69, 9.17) is 13.0 Å². The fourth-order valence-corrected chi connectivity index (χ4v) is 1.20. The summed E-state index contributed by atoms with van der Waals surface area (Å²) in [6.45, 7) is 0. The number of carbonyl (C=O) groups excluding carboxylic acids is 1. The van der Waals surface area contributed by atoms with Crippen molar-refractivity contribution < 1.29 is 40.1 Å². The molecule has 23 heavy (non-hydrogen) atoms. The van der Waals surface area contributed by atoms with Crippen LogP contribution in [0.25, 0.3) is 0 Å². The summed E-state index contributed by atoms with van der Waals surface area (Å²) in [5, 5.41) is 0. The number of carbonyl (C=O) groups is 1. The summed E-state index contributed by atoms with van der Waals surface area (Å²) in [5.41, 5.74) is -4.78. The number of halogens is 4. The number of quaternary nitrogens is 1. The van der Waals surface area contributed by atoms with Gasteiger partial charge in [0.05, 0.1) is 33.8 Å². The molecular weight excluding hydrogens is 346 g/mol. The van der Waals surface area contributed by atoms with Crippen LogP contribution in [0.4, 0.5) is 23.2 Å². The average molecular weight is 362 g/mol. The smallest absolute Gasteiger partial charge is 0.465 e. The highest BCUT2D eigenvalue weighted by molar-refractivity contribution is 7.86. The van der Waals surface area contributed by atoms with E-state index in [9.17, 15) is 22.4 Å². The van der Waals surface area contributed by atoms with Gasteiger partial charge in [-0.3, -0.25) is 9.04 Å². The monoisotopic (exact) mass is 362 g/mol. The van der Waals surface area contributed by atoms with E-state index < -0.39 is 27.4 Å². The van der Waals surface area contributed by atoms with Gasteiger partial charge in [0.2, 0.25) is 0 Å². The summed E-state index contributed by atoms with van der Waals surface area (Å²) in [6, 6.07) is 4.52. The van der Waals surface area contributed by atoms with Crippen molar-refractivity contribution in [1.82, 2.24) is 4.48 Å². The van der Waals surface area contributed by atoms with Crippen LogP contribution in [0.1, 0.15) is 10.4 Å². The molecule has 11 heteroatoms. The Bertz CT molecular complexity index is 665. The molecule has 0 aliphatic heterocycles. The van der Waals surface area contributed by atoms with Crippen LogP contribution in [0.3, 0.4) is 0 Å². The van der Waals surface area contributed by atoms with Crippen molar-refractivity contribution in [3.05, 3.63) is 29.6 Å². The van der Waals surface area contributed by atoms with E-state index >= 15 is 0 Å². The van der Waals surface area contributed by atoms with Crippen LogP contribution in [-0.2, 0) is 14.9 Å². The molecular formula is C12H16F4NO5S+. The van der Waals surface area contributed by atoms with Gasteiger partial charge >= 0.3 is 21.6 Å². The zero-order valence-electron chi connectivity index (χ0n) is 12.7. The lowest BCUT2D eigenvalue weighted by Crippen LogP contribution is -2.34. The molecule has 0 atom stereocenters. The number of methoxy groups -OCH3 is 1. The Labute approximate surface area is 130 Å². The maximum atomic E-state index is 13.5. The largest absolute Gasteiger partial charge is 0.522 e. The first kappa shape index (κ1) is 21.3. The van der Waals surface area contributed by atoms with E-state index in [1.807, 2.05) is 21.1 Å². The minimum absolute atomic E-state index is 0.0327. The second kappa shape index (κ2) is 7.23. The van der Waals surface area contributed by atoms with Crippen molar-refractivity contribution in [2.24, 2.45) is 0 Å². The number of benzene rings is 1. The molecule has 0 aromatic heterocycles. The molecule has 1 aromatic carbocycles. The SMILES string of the molecule is COC(=O)c1ccc([N+](C)(C)C)cc1F.O=S(=O)(O)C(F)(F)F. The Morgan fingerprint density at radius 3 is 1.91 bits per heavy atom. The lowest BCUT2D eigenvalue weighted by molar-refractivity contribution is -0.0510. The minimum atomic E-state index is -5.84. The number of rotatable bonds is 2. The third-order valence-corrected chi connectivity index (χ3v) is 3.01. The van der Waals surface area contributed by atoms with Gasteiger partial charge < -0.3 is 4.74 Å². The number of esters is 1. The fourth-order valence-electron chi connectivity index (χ4n) is 1.20. The van der Waals surface area contributed by atoms with Gasteiger partial charge in [-0.25, -0.2) is 9.18 Å². The molecule has 1 N–H and O–H groups in total. The summed E-state index contributed by atoms with van der Waals surface area (Å²) >= 11 is 0. The van der Waals surface area contributed by atoms with Crippen molar-refractivity contribution >= 4 is 21.8 Å². The third-order valence-electron chi connectivity index (χ3n) is 2.43. The lowest BCUT2D eigenvalue weighted by atomic mass is 10.1. The molecule has 0 bridgehead atoms. The summed E-state index contributed by atoms with van der Waals surface area (Å²) in [4.78, 5) is 11.1. The molecule has 0 saturated heterocycles. The molecule has 0 unspecified atom stereocenters. The summed E-state index contributed by atoms with van der Waals surface area (Å²) in [5.74, 6) is -1.20. The first-order valence-electron chi connectivity index (χ1n) is 5.85. The van der Waals surface area contributed by atoms with E-state index in [1.54, 1.807) is 6.07 Å². The van der Waals surface area contributed by atoms with Crippen LogP contribution in [0.2, 0.25) is 0 Å². The molecule has 0 fully saturated rings. The second-order valence-corrected chi connectivity index (χ2v) is 6.50. The van der Waals surface area contributed by atoms with Crippen LogP contribution in [-0.4, -0.2) is 52.7 Å². The van der Waals surface area contributed by atoms with Crippen molar-refractivity contribution in [1.29, 1.82) is 0 Å². The van der Waals surface area contributed by atoms with Crippen LogP contribution < -0.4 is 4.48 Å². The standard InChI is InChI=1S/C11H15FNO2.CHF3O3S/c1-13(2,3)8-5-6-9(10(12)7-8)11(14)15-4;2-1(3,4)8(5,6)7/h5-7H,1-4H3;(H,5,6,7)/q+1;. The first-order chi connectivity index (χ1) is 10.1. The Kier molecular flexibility index (Phi) is 6.69. The normalized spacial score (nSPS) is 12.2. The van der Waals surface area contributed by atoms with Crippen LogP contribution in [0.15, 0.2) is 18.2 Å².